The van der Waals surface area contributed by atoms with Gasteiger partial charge in [-0.1, -0.05) is 29.8 Å². The minimum absolute atomic E-state index is 0.000599. The van der Waals surface area contributed by atoms with Gasteiger partial charge in [-0.15, -0.1) is 0 Å². The van der Waals surface area contributed by atoms with Gasteiger partial charge >= 0.3 is 0 Å². The predicted molar refractivity (Wildman–Crippen MR) is 111 cm³/mol. The van der Waals surface area contributed by atoms with Crippen molar-refractivity contribution in [1.82, 2.24) is 20.0 Å². The topological polar surface area (TPSA) is 118 Å². The number of aliphatic hydroxyl groups excluding tert-OH is 1. The highest BCUT2D eigenvalue weighted by molar-refractivity contribution is 7.97. The number of anilines is 2. The lowest BCUT2D eigenvalue weighted by molar-refractivity contribution is 0.298. The third-order valence-electron chi connectivity index (χ3n) is 3.30. The molecule has 0 aliphatic rings. The van der Waals surface area contributed by atoms with E-state index in [4.69, 9.17) is 22.1 Å². The van der Waals surface area contributed by atoms with Gasteiger partial charge in [-0.25, -0.2) is 4.98 Å². The highest BCUT2D eigenvalue weighted by atomic mass is 35.5. The second-order valence-electron chi connectivity index (χ2n) is 5.20. The number of hydrogen-bond acceptors (Lipinski definition) is 9. The summed E-state index contributed by atoms with van der Waals surface area (Å²) in [4.78, 5) is 9.61. The molecule has 0 saturated heterocycles. The fraction of sp³-hybridized carbons (Fsp3) is 0.235. The van der Waals surface area contributed by atoms with E-state index in [9.17, 15) is 0 Å². The average molecular weight is 408 g/mol. The van der Waals surface area contributed by atoms with Gasteiger partial charge in [0, 0.05) is 30.4 Å². The van der Waals surface area contributed by atoms with E-state index < -0.39 is 0 Å². The fourth-order valence-corrected chi connectivity index (χ4v) is 2.87. The van der Waals surface area contributed by atoms with E-state index in [0.717, 1.165) is 16.7 Å². The maximum atomic E-state index is 8.79. The van der Waals surface area contributed by atoms with Gasteiger partial charge in [0.1, 0.15) is 5.02 Å². The molecule has 144 valence electrons. The van der Waals surface area contributed by atoms with E-state index in [2.05, 4.69) is 30.6 Å². The monoisotopic (exact) mass is 407 g/mol. The van der Waals surface area contributed by atoms with Crippen LogP contribution >= 0.6 is 23.5 Å². The average Bonchev–Trinajstić information content (AvgIpc) is 2.69. The molecule has 0 fully saturated rings. The Morgan fingerprint density at radius 3 is 2.93 bits per heavy atom. The van der Waals surface area contributed by atoms with Crippen molar-refractivity contribution >= 4 is 41.5 Å². The Labute approximate surface area is 167 Å². The van der Waals surface area contributed by atoms with Crippen molar-refractivity contribution in [3.8, 4) is 0 Å². The molecule has 0 radical (unpaired) electrons. The first-order chi connectivity index (χ1) is 13.2. The minimum Gasteiger partial charge on any atom is -0.395 e. The number of rotatable bonds is 11. The number of aromatic nitrogens is 2. The van der Waals surface area contributed by atoms with Crippen molar-refractivity contribution in [1.29, 1.82) is 5.41 Å². The van der Waals surface area contributed by atoms with Crippen LogP contribution in [0.4, 0.5) is 11.8 Å². The van der Waals surface area contributed by atoms with Crippen LogP contribution in [0.25, 0.3) is 0 Å². The van der Waals surface area contributed by atoms with Crippen molar-refractivity contribution in [2.24, 2.45) is 0 Å². The summed E-state index contributed by atoms with van der Waals surface area (Å²) in [5.74, 6) is 0.798. The molecule has 2 rings (SSSR count). The van der Waals surface area contributed by atoms with E-state index in [-0.39, 0.29) is 6.61 Å². The maximum absolute atomic E-state index is 8.79. The number of nitrogens with zero attached hydrogens (tertiary/aromatic N) is 2. The lowest BCUT2D eigenvalue weighted by atomic mass is 10.2. The summed E-state index contributed by atoms with van der Waals surface area (Å²) in [5.41, 5.74) is 1.56. The molecule has 0 unspecified atom stereocenters. The summed E-state index contributed by atoms with van der Waals surface area (Å²) in [6.45, 7) is 0.935. The molecular formula is C17H22ClN7OS. The summed E-state index contributed by atoms with van der Waals surface area (Å²) in [7, 11) is 1.87. The standard InChI is InChI=1S/C17H22ClN7OS/c1-20-27-15-5-3-2-4-12(15)9-22-16-14(18)11-23-17(25-16)24-13(8-19)10-21-6-7-26/h2-5,8,10-11,19-21,26H,6-7,9H2,1H3,(H2,22,23,24,25)/b13-10+,19-8?. The van der Waals surface area contributed by atoms with Crippen LogP contribution in [0.3, 0.4) is 0 Å². The molecule has 0 saturated carbocycles. The number of nitrogens with one attached hydrogen (secondary N) is 5. The van der Waals surface area contributed by atoms with Gasteiger partial charge in [0.05, 0.1) is 18.5 Å². The molecule has 0 amide bonds. The van der Waals surface area contributed by atoms with Crippen LogP contribution in [0.1, 0.15) is 5.56 Å². The van der Waals surface area contributed by atoms with Crippen LogP contribution in [-0.2, 0) is 6.54 Å². The highest BCUT2D eigenvalue weighted by Gasteiger charge is 2.08. The number of benzene rings is 1. The van der Waals surface area contributed by atoms with Crippen LogP contribution in [0.15, 0.2) is 47.3 Å². The zero-order valence-corrected chi connectivity index (χ0v) is 16.4. The van der Waals surface area contributed by atoms with Crippen molar-refractivity contribution in [3.05, 3.63) is 52.9 Å². The van der Waals surface area contributed by atoms with E-state index in [0.29, 0.717) is 35.6 Å². The minimum atomic E-state index is 0.000599. The molecule has 0 bridgehead atoms. The van der Waals surface area contributed by atoms with Crippen molar-refractivity contribution in [2.75, 3.05) is 30.8 Å². The Balaban J connectivity index is 2.09. The fourth-order valence-electron chi connectivity index (χ4n) is 2.08. The van der Waals surface area contributed by atoms with Gasteiger partial charge < -0.3 is 26.5 Å². The van der Waals surface area contributed by atoms with Gasteiger partial charge in [-0.3, -0.25) is 4.72 Å². The normalized spacial score (nSPS) is 11.1. The lowest BCUT2D eigenvalue weighted by Gasteiger charge is -2.12. The Morgan fingerprint density at radius 1 is 1.37 bits per heavy atom. The SMILES string of the molecule is CNSc1ccccc1CNc1nc(N/C(C=N)=C/NCCO)ncc1Cl. The maximum Gasteiger partial charge on any atom is 0.229 e. The second-order valence-corrected chi connectivity index (χ2v) is 6.66. The molecule has 27 heavy (non-hydrogen) atoms. The van der Waals surface area contributed by atoms with Crippen LogP contribution in [0.2, 0.25) is 5.02 Å². The van der Waals surface area contributed by atoms with Crippen molar-refractivity contribution in [2.45, 2.75) is 11.4 Å². The van der Waals surface area contributed by atoms with Crippen molar-refractivity contribution in [3.63, 3.8) is 0 Å². The summed E-state index contributed by atoms with van der Waals surface area (Å²) in [6.07, 6.45) is 4.19. The number of halogens is 1. The van der Waals surface area contributed by atoms with E-state index in [1.807, 2.05) is 31.3 Å². The molecule has 10 heteroatoms. The van der Waals surface area contributed by atoms with Crippen LogP contribution in [0, 0.1) is 5.41 Å². The number of allylic oxidation sites excluding steroid dienone is 1. The zero-order chi connectivity index (χ0) is 19.5. The Kier molecular flexibility index (Phi) is 8.85. The molecule has 0 spiro atoms. The first-order valence-corrected chi connectivity index (χ1v) is 9.37. The first kappa shape index (κ1) is 21.0. The Bertz CT molecular complexity index is 788. The molecule has 0 aliphatic heterocycles. The number of hydrogen-bond donors (Lipinski definition) is 6. The Hall–Kier alpha value is -2.33. The summed E-state index contributed by atoms with van der Waals surface area (Å²) < 4.78 is 3.07. The summed E-state index contributed by atoms with van der Waals surface area (Å²) in [6, 6.07) is 8.03. The summed E-state index contributed by atoms with van der Waals surface area (Å²) in [5, 5.41) is 25.6. The molecule has 0 atom stereocenters. The Morgan fingerprint density at radius 2 is 2.19 bits per heavy atom. The van der Waals surface area contributed by atoms with E-state index in [1.54, 1.807) is 6.20 Å². The van der Waals surface area contributed by atoms with Crippen LogP contribution in [0.5, 0.6) is 0 Å². The van der Waals surface area contributed by atoms with Gasteiger partial charge in [0.25, 0.3) is 0 Å². The van der Waals surface area contributed by atoms with Crippen molar-refractivity contribution < 1.29 is 5.11 Å². The van der Waals surface area contributed by atoms with Gasteiger partial charge in [-0.2, -0.15) is 4.98 Å². The van der Waals surface area contributed by atoms with Crippen LogP contribution in [-0.4, -0.2) is 41.5 Å². The third-order valence-corrected chi connectivity index (χ3v) is 4.40. The third kappa shape index (κ3) is 6.72. The molecule has 6 N–H and O–H groups in total. The molecule has 1 aromatic heterocycles. The zero-order valence-electron chi connectivity index (χ0n) is 14.8. The molecule has 2 aromatic rings. The predicted octanol–water partition coefficient (Wildman–Crippen LogP) is 2.45. The molecule has 1 aromatic carbocycles. The van der Waals surface area contributed by atoms with E-state index in [1.165, 1.54) is 18.1 Å². The highest BCUT2D eigenvalue weighted by Crippen LogP contribution is 2.23. The first-order valence-electron chi connectivity index (χ1n) is 8.17. The quantitative estimate of drug-likeness (QED) is 0.191. The molecule has 0 aliphatic carbocycles. The largest absolute Gasteiger partial charge is 0.395 e. The van der Waals surface area contributed by atoms with Gasteiger partial charge in [-0.05, 0) is 30.6 Å². The smallest absolute Gasteiger partial charge is 0.229 e. The molecule has 1 heterocycles. The molecule has 8 nitrogen and oxygen atoms in total. The van der Waals surface area contributed by atoms with Gasteiger partial charge in [0.2, 0.25) is 5.95 Å². The van der Waals surface area contributed by atoms with Crippen LogP contribution < -0.4 is 20.7 Å². The van der Waals surface area contributed by atoms with E-state index >= 15 is 0 Å². The molecular weight excluding hydrogens is 386 g/mol. The summed E-state index contributed by atoms with van der Waals surface area (Å²) >= 11 is 7.74. The number of aliphatic hydroxyl groups is 1. The lowest BCUT2D eigenvalue weighted by Crippen LogP contribution is -2.15. The second kappa shape index (κ2) is 11.4. The van der Waals surface area contributed by atoms with Gasteiger partial charge in [0.15, 0.2) is 5.82 Å².